The fourth-order valence-corrected chi connectivity index (χ4v) is 4.75. The van der Waals surface area contributed by atoms with Crippen LogP contribution in [-0.2, 0) is 4.79 Å². The lowest BCUT2D eigenvalue weighted by Crippen LogP contribution is -2.45. The van der Waals surface area contributed by atoms with Crippen molar-refractivity contribution in [2.75, 3.05) is 25.0 Å². The van der Waals surface area contributed by atoms with E-state index in [0.717, 1.165) is 31.9 Å². The van der Waals surface area contributed by atoms with Gasteiger partial charge in [-0.25, -0.2) is 0 Å². The second-order valence-electron chi connectivity index (χ2n) is 5.07. The highest BCUT2D eigenvalue weighted by Crippen LogP contribution is 2.34. The maximum atomic E-state index is 12.2. The number of aliphatic hydroxyl groups is 1. The van der Waals surface area contributed by atoms with Gasteiger partial charge < -0.3 is 10.4 Å². The highest BCUT2D eigenvalue weighted by Gasteiger charge is 2.26. The summed E-state index contributed by atoms with van der Waals surface area (Å²) < 4.78 is 2.56. The van der Waals surface area contributed by atoms with E-state index in [1.807, 2.05) is 12.1 Å². The molecule has 1 amide bonds. The van der Waals surface area contributed by atoms with E-state index < -0.39 is 0 Å². The van der Waals surface area contributed by atoms with Crippen LogP contribution in [0.1, 0.15) is 19.3 Å². The molecule has 1 fully saturated rings. The van der Waals surface area contributed by atoms with Crippen molar-refractivity contribution in [2.24, 2.45) is 0 Å². The van der Waals surface area contributed by atoms with Crippen molar-refractivity contribution >= 4 is 59.4 Å². The molecule has 0 unspecified atom stereocenters. The van der Waals surface area contributed by atoms with Crippen molar-refractivity contribution in [1.29, 1.82) is 0 Å². The van der Waals surface area contributed by atoms with Crippen LogP contribution >= 0.6 is 47.8 Å². The molecule has 2 rings (SSSR count). The molecule has 4 nitrogen and oxygen atoms in total. The van der Waals surface area contributed by atoms with Crippen molar-refractivity contribution in [2.45, 2.75) is 25.3 Å². The van der Waals surface area contributed by atoms with Crippen LogP contribution in [0.5, 0.6) is 0 Å². The fourth-order valence-electron chi connectivity index (χ4n) is 2.30. The normalized spacial score (nSPS) is 15.1. The minimum atomic E-state index is -0.0703. The van der Waals surface area contributed by atoms with E-state index in [2.05, 4.69) is 58.0 Å². The molecule has 0 aliphatic heterocycles. The zero-order chi connectivity index (χ0) is 15.4. The van der Waals surface area contributed by atoms with Gasteiger partial charge in [0, 0.05) is 26.0 Å². The lowest BCUT2D eigenvalue weighted by atomic mass is 9.91. The fraction of sp³-hybridized carbons (Fsp3) is 0.500. The van der Waals surface area contributed by atoms with Gasteiger partial charge in [0.1, 0.15) is 0 Å². The molecular weight excluding hydrogens is 468 g/mol. The van der Waals surface area contributed by atoms with Crippen LogP contribution in [0.3, 0.4) is 0 Å². The highest BCUT2D eigenvalue weighted by molar-refractivity contribution is 9.11. The summed E-state index contributed by atoms with van der Waals surface area (Å²) in [6.45, 7) is 0.927. The number of hydrogen-bond donors (Lipinski definition) is 2. The van der Waals surface area contributed by atoms with Crippen LogP contribution in [-0.4, -0.2) is 41.7 Å². The molecule has 1 saturated carbocycles. The van der Waals surface area contributed by atoms with Crippen molar-refractivity contribution < 1.29 is 9.90 Å². The topological polar surface area (TPSA) is 52.6 Å². The number of nitrogens with zero attached hydrogens (tertiary/aromatic N) is 1. The summed E-state index contributed by atoms with van der Waals surface area (Å²) >= 11 is 10.3. The van der Waals surface area contributed by atoms with E-state index in [9.17, 15) is 4.79 Å². The maximum Gasteiger partial charge on any atom is 0.238 e. The number of anilines is 1. The average molecular weight is 485 g/mol. The molecule has 0 spiro atoms. The van der Waals surface area contributed by atoms with Crippen LogP contribution < -0.4 is 5.32 Å². The number of amides is 1. The molecule has 1 aromatic carbocycles. The molecule has 7 heteroatoms. The number of halogens is 3. The predicted octanol–water partition coefficient (Wildman–Crippen LogP) is 3.76. The zero-order valence-corrected chi connectivity index (χ0v) is 16.2. The molecule has 116 valence electrons. The quantitative estimate of drug-likeness (QED) is 0.646. The summed E-state index contributed by atoms with van der Waals surface area (Å²) in [6.07, 6.45) is 3.43. The second kappa shape index (κ2) is 8.06. The summed E-state index contributed by atoms with van der Waals surface area (Å²) in [4.78, 5) is 14.3. The minimum absolute atomic E-state index is 0.0703. The molecule has 0 bridgehead atoms. The van der Waals surface area contributed by atoms with Gasteiger partial charge in [-0.2, -0.15) is 0 Å². The Morgan fingerprint density at radius 1 is 1.29 bits per heavy atom. The van der Waals surface area contributed by atoms with E-state index >= 15 is 0 Å². The van der Waals surface area contributed by atoms with Gasteiger partial charge >= 0.3 is 0 Å². The lowest BCUT2D eigenvalue weighted by molar-refractivity contribution is -0.118. The van der Waals surface area contributed by atoms with Crippen molar-refractivity contribution in [3.05, 3.63) is 25.6 Å². The Morgan fingerprint density at radius 2 is 1.90 bits per heavy atom. The monoisotopic (exact) mass is 482 g/mol. The minimum Gasteiger partial charge on any atom is -0.395 e. The van der Waals surface area contributed by atoms with Crippen LogP contribution in [0.2, 0.25) is 0 Å². The number of benzene rings is 1. The Kier molecular flexibility index (Phi) is 6.68. The summed E-state index contributed by atoms with van der Waals surface area (Å²) in [5.41, 5.74) is 0.723. The predicted molar refractivity (Wildman–Crippen MR) is 94.5 cm³/mol. The number of hydrogen-bond acceptors (Lipinski definition) is 3. The lowest BCUT2D eigenvalue weighted by Gasteiger charge is -2.36. The number of aliphatic hydroxyl groups excluding tert-OH is 1. The zero-order valence-electron chi connectivity index (χ0n) is 11.4. The van der Waals surface area contributed by atoms with E-state index in [1.165, 1.54) is 6.42 Å². The van der Waals surface area contributed by atoms with Gasteiger partial charge in [-0.15, -0.1) is 0 Å². The molecule has 0 radical (unpaired) electrons. The molecule has 1 aliphatic carbocycles. The van der Waals surface area contributed by atoms with Crippen LogP contribution in [0.15, 0.2) is 25.6 Å². The van der Waals surface area contributed by atoms with Crippen LogP contribution in [0.4, 0.5) is 5.69 Å². The highest BCUT2D eigenvalue weighted by atomic mass is 79.9. The second-order valence-corrected chi connectivity index (χ2v) is 7.70. The summed E-state index contributed by atoms with van der Waals surface area (Å²) in [5, 5.41) is 12.1. The Hall–Kier alpha value is 0.0500. The standard InChI is InChI=1S/C14H17Br3N2O2/c15-9-6-11(16)14(12(17)7-9)18-13(21)8-19(4-5-20)10-2-1-3-10/h6-7,10,20H,1-5,8H2,(H,18,21). The Morgan fingerprint density at radius 3 is 2.38 bits per heavy atom. The molecule has 0 heterocycles. The van der Waals surface area contributed by atoms with E-state index in [-0.39, 0.29) is 12.5 Å². The van der Waals surface area contributed by atoms with E-state index in [1.54, 1.807) is 0 Å². The Bertz CT molecular complexity index is 498. The van der Waals surface area contributed by atoms with Crippen LogP contribution in [0.25, 0.3) is 0 Å². The average Bonchev–Trinajstić information content (AvgIpc) is 2.31. The molecule has 1 aliphatic rings. The smallest absolute Gasteiger partial charge is 0.238 e. The summed E-state index contributed by atoms with van der Waals surface area (Å²) in [6, 6.07) is 4.20. The van der Waals surface area contributed by atoms with Gasteiger partial charge in [0.25, 0.3) is 0 Å². The summed E-state index contributed by atoms with van der Waals surface area (Å²) in [5.74, 6) is -0.0703. The molecule has 1 aromatic rings. The Labute approximate surface area is 149 Å². The van der Waals surface area contributed by atoms with Crippen molar-refractivity contribution in [1.82, 2.24) is 4.90 Å². The first kappa shape index (κ1) is 17.4. The third-order valence-electron chi connectivity index (χ3n) is 3.60. The van der Waals surface area contributed by atoms with Crippen molar-refractivity contribution in [3.63, 3.8) is 0 Å². The summed E-state index contributed by atoms with van der Waals surface area (Å²) in [7, 11) is 0. The van der Waals surface area contributed by atoms with Gasteiger partial charge in [-0.3, -0.25) is 9.69 Å². The first-order valence-corrected chi connectivity index (χ1v) is 9.18. The third kappa shape index (κ3) is 4.76. The number of rotatable bonds is 6. The first-order chi connectivity index (χ1) is 10.0. The van der Waals surface area contributed by atoms with Gasteiger partial charge in [0.2, 0.25) is 5.91 Å². The van der Waals surface area contributed by atoms with Gasteiger partial charge in [-0.1, -0.05) is 22.4 Å². The molecule has 0 saturated heterocycles. The largest absolute Gasteiger partial charge is 0.395 e. The van der Waals surface area contributed by atoms with E-state index in [4.69, 9.17) is 5.11 Å². The van der Waals surface area contributed by atoms with Gasteiger partial charge in [-0.05, 0) is 56.8 Å². The molecule has 0 aromatic heterocycles. The van der Waals surface area contributed by atoms with Gasteiger partial charge in [0.05, 0.1) is 18.8 Å². The third-order valence-corrected chi connectivity index (χ3v) is 5.30. The molecular formula is C14H17Br3N2O2. The number of nitrogens with one attached hydrogen (secondary N) is 1. The maximum absolute atomic E-state index is 12.2. The van der Waals surface area contributed by atoms with E-state index in [0.29, 0.717) is 19.1 Å². The first-order valence-electron chi connectivity index (χ1n) is 6.80. The van der Waals surface area contributed by atoms with Crippen LogP contribution in [0, 0.1) is 0 Å². The number of carbonyl (C=O) groups is 1. The van der Waals surface area contributed by atoms with Crippen molar-refractivity contribution in [3.8, 4) is 0 Å². The Balaban J connectivity index is 2.00. The molecule has 2 N–H and O–H groups in total. The number of carbonyl (C=O) groups excluding carboxylic acids is 1. The SMILES string of the molecule is O=C(CN(CCO)C1CCC1)Nc1c(Br)cc(Br)cc1Br. The molecule has 0 atom stereocenters. The molecule has 21 heavy (non-hydrogen) atoms. The van der Waals surface area contributed by atoms with Gasteiger partial charge in [0.15, 0.2) is 0 Å².